The lowest BCUT2D eigenvalue weighted by Gasteiger charge is -2.22. The Morgan fingerprint density at radius 1 is 0.815 bits per heavy atom. The van der Waals surface area contributed by atoms with E-state index in [4.69, 9.17) is 21.1 Å². The summed E-state index contributed by atoms with van der Waals surface area (Å²) in [5, 5.41) is 0. The number of hydrogen-bond donors (Lipinski definition) is 0. The molecule has 0 saturated carbocycles. The van der Waals surface area contributed by atoms with Crippen LogP contribution in [0.5, 0.6) is 0 Å². The second kappa shape index (κ2) is 18.4. The first kappa shape index (κ1) is 26.0. The number of carbonyl (C=O) groups excluding carboxylic acids is 2. The van der Waals surface area contributed by atoms with E-state index in [1.165, 1.54) is 76.2 Å². The zero-order valence-corrected chi connectivity index (χ0v) is 18.4. The van der Waals surface area contributed by atoms with Gasteiger partial charge in [0.25, 0.3) is 0 Å². The monoisotopic (exact) mass is 405 g/mol. The molecule has 0 aromatic rings. The summed E-state index contributed by atoms with van der Waals surface area (Å²) >= 11 is 5.47. The molecule has 1 atom stereocenters. The Kier molecular flexibility index (Phi) is 17.7. The van der Waals surface area contributed by atoms with Crippen molar-refractivity contribution in [3.05, 3.63) is 0 Å². The molecule has 1 amide bonds. The van der Waals surface area contributed by atoms with Gasteiger partial charge < -0.3 is 9.47 Å². The number of halogens is 1. The molecule has 0 aliphatic carbocycles. The average molecular weight is 406 g/mol. The average Bonchev–Trinajstić information content (AvgIpc) is 2.68. The third-order valence-electron chi connectivity index (χ3n) is 4.75. The molecule has 0 fully saturated rings. The lowest BCUT2D eigenvalue weighted by molar-refractivity contribution is -0.148. The van der Waals surface area contributed by atoms with Gasteiger partial charge in [-0.2, -0.15) is 0 Å². The maximum Gasteiger partial charge on any atom is 0.410 e. The van der Waals surface area contributed by atoms with Gasteiger partial charge in [0.1, 0.15) is 12.6 Å². The minimum absolute atomic E-state index is 0.130. The van der Waals surface area contributed by atoms with Gasteiger partial charge in [0.05, 0.1) is 12.5 Å². The molecule has 1 unspecified atom stereocenters. The Morgan fingerprint density at radius 2 is 1.30 bits per heavy atom. The first-order chi connectivity index (χ1) is 13.0. The van der Waals surface area contributed by atoms with Gasteiger partial charge in [0.15, 0.2) is 0 Å². The quantitative estimate of drug-likeness (QED) is 0.171. The predicted octanol–water partition coefficient (Wildman–Crippen LogP) is 5.93. The molecule has 5 nitrogen and oxygen atoms in total. The van der Waals surface area contributed by atoms with E-state index < -0.39 is 18.1 Å². The van der Waals surface area contributed by atoms with E-state index in [0.717, 1.165) is 12.8 Å². The first-order valence-electron chi connectivity index (χ1n) is 10.7. The number of alkyl halides is 1. The lowest BCUT2D eigenvalue weighted by atomic mass is 10.1. The first-order valence-corrected chi connectivity index (χ1v) is 11.2. The fraction of sp³-hybridized carbons (Fsp3) is 0.905. The predicted molar refractivity (Wildman–Crippen MR) is 111 cm³/mol. The maximum absolute atomic E-state index is 12.0. The number of ether oxygens (including phenoxy) is 2. The van der Waals surface area contributed by atoms with Crippen molar-refractivity contribution < 1.29 is 19.1 Å². The molecule has 0 heterocycles. The van der Waals surface area contributed by atoms with Crippen LogP contribution in [0.4, 0.5) is 4.79 Å². The van der Waals surface area contributed by atoms with Crippen molar-refractivity contribution in [3.63, 3.8) is 0 Å². The second-order valence-electron chi connectivity index (χ2n) is 7.15. The molecule has 0 aromatic heterocycles. The van der Waals surface area contributed by atoms with Crippen LogP contribution in [0, 0.1) is 0 Å². The van der Waals surface area contributed by atoms with Crippen molar-refractivity contribution in [2.75, 3.05) is 26.1 Å². The van der Waals surface area contributed by atoms with Gasteiger partial charge >= 0.3 is 12.1 Å². The number of esters is 1. The number of unbranched alkanes of at least 4 members (excludes halogenated alkanes) is 11. The molecule has 0 aromatic carbocycles. The van der Waals surface area contributed by atoms with E-state index in [-0.39, 0.29) is 12.5 Å². The minimum atomic E-state index is -0.662. The number of hydrogen-bond acceptors (Lipinski definition) is 4. The van der Waals surface area contributed by atoms with E-state index in [1.54, 1.807) is 6.92 Å². The molecule has 160 valence electrons. The standard InChI is InChI=1S/C21H40ClNO4/c1-4-5-6-7-8-9-10-11-12-13-14-15-17-26-20(24)19(2)23(3)21(25)27-18-16-22/h19H,4-18H2,1-3H3. The fourth-order valence-electron chi connectivity index (χ4n) is 2.78. The Bertz CT molecular complexity index is 379. The van der Waals surface area contributed by atoms with E-state index >= 15 is 0 Å². The molecule has 0 radical (unpaired) electrons. The van der Waals surface area contributed by atoms with Crippen LogP contribution in [0.25, 0.3) is 0 Å². The summed E-state index contributed by atoms with van der Waals surface area (Å²) in [7, 11) is 1.52. The van der Waals surface area contributed by atoms with Crippen LogP contribution >= 0.6 is 11.6 Å². The summed E-state index contributed by atoms with van der Waals surface area (Å²) < 4.78 is 10.2. The number of likely N-dealkylation sites (N-methyl/N-ethyl adjacent to an activating group) is 1. The van der Waals surface area contributed by atoms with Crippen molar-refractivity contribution in [1.82, 2.24) is 4.90 Å². The lowest BCUT2D eigenvalue weighted by Crippen LogP contribution is -2.41. The maximum atomic E-state index is 12.0. The highest BCUT2D eigenvalue weighted by molar-refractivity contribution is 6.18. The van der Waals surface area contributed by atoms with Crippen molar-refractivity contribution >= 4 is 23.7 Å². The van der Waals surface area contributed by atoms with Crippen molar-refractivity contribution in [3.8, 4) is 0 Å². The van der Waals surface area contributed by atoms with Crippen LogP contribution in [0.2, 0.25) is 0 Å². The van der Waals surface area contributed by atoms with Crippen LogP contribution in [0.15, 0.2) is 0 Å². The van der Waals surface area contributed by atoms with E-state index in [0.29, 0.717) is 6.61 Å². The summed E-state index contributed by atoms with van der Waals surface area (Å²) in [5.41, 5.74) is 0. The molecule has 0 spiro atoms. The van der Waals surface area contributed by atoms with Crippen LogP contribution in [0.3, 0.4) is 0 Å². The Morgan fingerprint density at radius 3 is 1.78 bits per heavy atom. The van der Waals surface area contributed by atoms with Gasteiger partial charge in [-0.05, 0) is 13.3 Å². The molecule has 0 N–H and O–H groups in total. The zero-order valence-electron chi connectivity index (χ0n) is 17.6. The summed E-state index contributed by atoms with van der Waals surface area (Å²) in [4.78, 5) is 24.9. The topological polar surface area (TPSA) is 55.8 Å². The molecule has 0 aliphatic heterocycles. The van der Waals surface area contributed by atoms with Crippen LogP contribution < -0.4 is 0 Å². The molecule has 0 rings (SSSR count). The minimum Gasteiger partial charge on any atom is -0.464 e. The summed E-state index contributed by atoms with van der Waals surface area (Å²) in [6.45, 7) is 4.42. The van der Waals surface area contributed by atoms with Crippen molar-refractivity contribution in [2.24, 2.45) is 0 Å². The summed E-state index contributed by atoms with van der Waals surface area (Å²) in [6.07, 6.45) is 14.7. The molecule has 6 heteroatoms. The largest absolute Gasteiger partial charge is 0.464 e. The van der Waals surface area contributed by atoms with Gasteiger partial charge in [-0.15, -0.1) is 11.6 Å². The van der Waals surface area contributed by atoms with E-state index in [9.17, 15) is 9.59 Å². The van der Waals surface area contributed by atoms with E-state index in [1.807, 2.05) is 0 Å². The van der Waals surface area contributed by atoms with Crippen LogP contribution in [0.1, 0.15) is 90.9 Å². The van der Waals surface area contributed by atoms with Gasteiger partial charge in [0.2, 0.25) is 0 Å². The molecular weight excluding hydrogens is 366 g/mol. The molecule has 0 saturated heterocycles. The second-order valence-corrected chi connectivity index (χ2v) is 7.52. The van der Waals surface area contributed by atoms with Gasteiger partial charge in [-0.3, -0.25) is 4.90 Å². The molecule has 27 heavy (non-hydrogen) atoms. The third-order valence-corrected chi connectivity index (χ3v) is 4.91. The van der Waals surface area contributed by atoms with Gasteiger partial charge in [-0.1, -0.05) is 77.6 Å². The molecule has 0 bridgehead atoms. The van der Waals surface area contributed by atoms with Crippen LogP contribution in [-0.2, 0) is 14.3 Å². The normalized spacial score (nSPS) is 11.9. The number of rotatable bonds is 17. The van der Waals surface area contributed by atoms with Crippen LogP contribution in [-0.4, -0.2) is 49.1 Å². The third kappa shape index (κ3) is 14.7. The number of nitrogens with zero attached hydrogens (tertiary/aromatic N) is 1. The highest BCUT2D eigenvalue weighted by Crippen LogP contribution is 2.12. The fourth-order valence-corrected chi connectivity index (χ4v) is 2.86. The van der Waals surface area contributed by atoms with Crippen molar-refractivity contribution in [2.45, 2.75) is 96.9 Å². The SMILES string of the molecule is CCCCCCCCCCCCCCOC(=O)C(C)N(C)C(=O)OCCCl. The Labute approximate surface area is 171 Å². The Balaban J connectivity index is 3.53. The van der Waals surface area contributed by atoms with Crippen molar-refractivity contribution in [1.29, 1.82) is 0 Å². The number of carbonyl (C=O) groups is 2. The summed E-state index contributed by atoms with van der Waals surface area (Å²) in [5.74, 6) is -0.166. The molecular formula is C21H40ClNO4. The molecule has 0 aliphatic rings. The van der Waals surface area contributed by atoms with Gasteiger partial charge in [0, 0.05) is 7.05 Å². The van der Waals surface area contributed by atoms with E-state index in [2.05, 4.69) is 6.92 Å². The zero-order chi connectivity index (χ0) is 20.3. The highest BCUT2D eigenvalue weighted by Gasteiger charge is 2.24. The Hall–Kier alpha value is -0.970. The summed E-state index contributed by atoms with van der Waals surface area (Å²) in [6, 6.07) is -0.662. The highest BCUT2D eigenvalue weighted by atomic mass is 35.5. The number of amides is 1. The van der Waals surface area contributed by atoms with Gasteiger partial charge in [-0.25, -0.2) is 9.59 Å². The smallest absolute Gasteiger partial charge is 0.410 e.